The van der Waals surface area contributed by atoms with Gasteiger partial charge in [0.1, 0.15) is 0 Å². The van der Waals surface area contributed by atoms with Crippen LogP contribution in [0.3, 0.4) is 0 Å². The zero-order valence-electron chi connectivity index (χ0n) is 9.84. The Morgan fingerprint density at radius 1 is 1.25 bits per heavy atom. The predicted octanol–water partition coefficient (Wildman–Crippen LogP) is 0.166. The molecular weight excluding hydrogens is 265 g/mol. The fraction of sp³-hybridized carbons (Fsp3) is 1.00. The minimum Gasteiger partial charge on any atom is -0.768 e. The molecule has 0 radical (unpaired) electrons. The molecule has 92 valence electrons. The first-order valence-corrected chi connectivity index (χ1v) is 7.28. The number of hydrogen-bond donors (Lipinski definition) is 0. The second-order valence-electron chi connectivity index (χ2n) is 3.23. The van der Waals surface area contributed by atoms with Gasteiger partial charge >= 0.3 is 34.8 Å². The Hall–Kier alpha value is 1.32. The van der Waals surface area contributed by atoms with E-state index in [9.17, 15) is 17.5 Å². The summed E-state index contributed by atoms with van der Waals surface area (Å²) < 4.78 is 45.3. The Labute approximate surface area is 125 Å². The molecule has 0 aliphatic carbocycles. The standard InChI is InChI=1S/C9H18F2O2S2.Na/c1-2-14-8-6-4-3-5-7-9(10,11)15(12)13;/h2-8H2,1H3,(H,12,13);/q;+1/p-1. The normalized spacial score (nSPS) is 13.2. The summed E-state index contributed by atoms with van der Waals surface area (Å²) in [5.41, 5.74) is 0. The Morgan fingerprint density at radius 2 is 1.81 bits per heavy atom. The Kier molecular flexibility index (Phi) is 14.0. The molecule has 0 aromatic rings. The van der Waals surface area contributed by atoms with E-state index in [1.54, 1.807) is 0 Å². The maximum atomic E-state index is 12.6. The first-order chi connectivity index (χ1) is 7.00. The third kappa shape index (κ3) is 10.5. The summed E-state index contributed by atoms with van der Waals surface area (Å²) in [4.78, 5) is 0. The molecule has 0 fully saturated rings. The molecule has 0 saturated heterocycles. The minimum absolute atomic E-state index is 0. The molecule has 0 heterocycles. The zero-order valence-corrected chi connectivity index (χ0v) is 13.5. The summed E-state index contributed by atoms with van der Waals surface area (Å²) in [5, 5.41) is -3.54. The monoisotopic (exact) mass is 282 g/mol. The van der Waals surface area contributed by atoms with E-state index in [1.807, 2.05) is 11.8 Å². The third-order valence-electron chi connectivity index (χ3n) is 1.95. The van der Waals surface area contributed by atoms with Crippen LogP contribution in [0, 0.1) is 0 Å². The molecule has 0 bridgehead atoms. The summed E-state index contributed by atoms with van der Waals surface area (Å²) in [6.07, 6.45) is 2.32. The second kappa shape index (κ2) is 11.4. The largest absolute Gasteiger partial charge is 1.00 e. The van der Waals surface area contributed by atoms with Gasteiger partial charge in [-0.2, -0.15) is 20.5 Å². The summed E-state index contributed by atoms with van der Waals surface area (Å²) >= 11 is -1.44. The number of alkyl halides is 2. The van der Waals surface area contributed by atoms with Gasteiger partial charge in [0.15, 0.2) is 0 Å². The van der Waals surface area contributed by atoms with E-state index in [2.05, 4.69) is 6.92 Å². The van der Waals surface area contributed by atoms with Crippen LogP contribution in [0.4, 0.5) is 8.78 Å². The van der Waals surface area contributed by atoms with Gasteiger partial charge in [0, 0.05) is 17.5 Å². The molecule has 7 heteroatoms. The second-order valence-corrected chi connectivity index (χ2v) is 5.69. The van der Waals surface area contributed by atoms with E-state index in [4.69, 9.17) is 0 Å². The van der Waals surface area contributed by atoms with Gasteiger partial charge in [0.2, 0.25) is 0 Å². The van der Waals surface area contributed by atoms with E-state index in [1.165, 1.54) is 0 Å². The Balaban J connectivity index is 0. The van der Waals surface area contributed by atoms with Crippen molar-refractivity contribution in [2.24, 2.45) is 0 Å². The van der Waals surface area contributed by atoms with E-state index < -0.39 is 22.8 Å². The molecule has 0 aromatic heterocycles. The van der Waals surface area contributed by atoms with Gasteiger partial charge < -0.3 is 4.55 Å². The summed E-state index contributed by atoms with van der Waals surface area (Å²) in [5.74, 6) is 2.13. The number of hydrogen-bond acceptors (Lipinski definition) is 3. The van der Waals surface area contributed by atoms with Crippen molar-refractivity contribution in [2.75, 3.05) is 11.5 Å². The minimum atomic E-state index is -3.54. The molecular formula is C9H17F2NaO2S2. The van der Waals surface area contributed by atoms with E-state index in [0.29, 0.717) is 6.42 Å². The van der Waals surface area contributed by atoms with Crippen LogP contribution < -0.4 is 29.6 Å². The topological polar surface area (TPSA) is 40.1 Å². The Bertz CT molecular complexity index is 194. The van der Waals surface area contributed by atoms with Crippen molar-refractivity contribution < 1.29 is 47.1 Å². The molecule has 0 aromatic carbocycles. The quantitative estimate of drug-likeness (QED) is 0.344. The molecule has 0 rings (SSSR count). The van der Waals surface area contributed by atoms with Crippen LogP contribution in [-0.4, -0.2) is 25.5 Å². The van der Waals surface area contributed by atoms with Crippen LogP contribution in [0.15, 0.2) is 0 Å². The van der Waals surface area contributed by atoms with Gasteiger partial charge in [-0.15, -0.1) is 0 Å². The van der Waals surface area contributed by atoms with Crippen molar-refractivity contribution in [1.82, 2.24) is 0 Å². The number of rotatable bonds is 9. The summed E-state index contributed by atoms with van der Waals surface area (Å²) in [6.45, 7) is 2.08. The number of thioether (sulfide) groups is 1. The van der Waals surface area contributed by atoms with Gasteiger partial charge in [-0.25, -0.2) is 0 Å². The van der Waals surface area contributed by atoms with E-state index >= 15 is 0 Å². The molecule has 1 unspecified atom stereocenters. The fourth-order valence-electron chi connectivity index (χ4n) is 1.12. The number of halogens is 2. The molecule has 0 saturated carbocycles. The van der Waals surface area contributed by atoms with Crippen LogP contribution in [-0.2, 0) is 11.1 Å². The van der Waals surface area contributed by atoms with Crippen LogP contribution >= 0.6 is 11.8 Å². The van der Waals surface area contributed by atoms with Crippen molar-refractivity contribution in [3.05, 3.63) is 0 Å². The van der Waals surface area contributed by atoms with Gasteiger partial charge in [-0.3, -0.25) is 4.21 Å². The van der Waals surface area contributed by atoms with Gasteiger partial charge in [0.05, 0.1) is 0 Å². The van der Waals surface area contributed by atoms with Crippen molar-refractivity contribution in [3.8, 4) is 0 Å². The smallest absolute Gasteiger partial charge is 0.768 e. The molecule has 0 N–H and O–H groups in total. The summed E-state index contributed by atoms with van der Waals surface area (Å²) in [6, 6.07) is 0. The van der Waals surface area contributed by atoms with E-state index in [0.717, 1.165) is 24.3 Å². The Morgan fingerprint density at radius 3 is 2.31 bits per heavy atom. The van der Waals surface area contributed by atoms with Crippen molar-refractivity contribution >= 4 is 22.8 Å². The maximum absolute atomic E-state index is 12.6. The van der Waals surface area contributed by atoms with Crippen molar-refractivity contribution in [3.63, 3.8) is 0 Å². The molecule has 0 spiro atoms. The first kappa shape index (κ1) is 19.7. The van der Waals surface area contributed by atoms with Crippen LogP contribution in [0.5, 0.6) is 0 Å². The maximum Gasteiger partial charge on any atom is 1.00 e. The molecule has 1 atom stereocenters. The van der Waals surface area contributed by atoms with Crippen LogP contribution in [0.2, 0.25) is 0 Å². The molecule has 0 aliphatic rings. The van der Waals surface area contributed by atoms with Gasteiger partial charge in [0.25, 0.3) is 0 Å². The number of unbranched alkanes of at least 4 members (excludes halogenated alkanes) is 3. The third-order valence-corrected chi connectivity index (χ3v) is 3.63. The van der Waals surface area contributed by atoms with Gasteiger partial charge in [-0.1, -0.05) is 19.8 Å². The fourth-order valence-corrected chi connectivity index (χ4v) is 2.12. The zero-order chi connectivity index (χ0) is 11.7. The van der Waals surface area contributed by atoms with Gasteiger partial charge in [-0.05, 0) is 24.3 Å². The average molecular weight is 282 g/mol. The summed E-state index contributed by atoms with van der Waals surface area (Å²) in [7, 11) is 0. The van der Waals surface area contributed by atoms with E-state index in [-0.39, 0.29) is 36.0 Å². The van der Waals surface area contributed by atoms with Crippen molar-refractivity contribution in [2.45, 2.75) is 44.3 Å². The SMILES string of the molecule is CCSCCCCCCC(F)(F)S(=O)[O-].[Na+]. The van der Waals surface area contributed by atoms with Crippen LogP contribution in [0.25, 0.3) is 0 Å². The predicted molar refractivity (Wildman–Crippen MR) is 60.0 cm³/mol. The first-order valence-electron chi connectivity index (χ1n) is 5.05. The molecule has 2 nitrogen and oxygen atoms in total. The molecule has 0 aliphatic heterocycles. The van der Waals surface area contributed by atoms with Crippen molar-refractivity contribution in [1.29, 1.82) is 0 Å². The molecule has 16 heavy (non-hydrogen) atoms. The van der Waals surface area contributed by atoms with Crippen LogP contribution in [0.1, 0.15) is 39.0 Å². The average Bonchev–Trinajstić information content (AvgIpc) is 2.16. The molecule has 0 amide bonds.